The summed E-state index contributed by atoms with van der Waals surface area (Å²) in [7, 11) is 2.00. The van der Waals surface area contributed by atoms with Crippen LogP contribution >= 0.6 is 15.9 Å². The maximum atomic E-state index is 4.48. The van der Waals surface area contributed by atoms with E-state index in [1.54, 1.807) is 6.33 Å². The van der Waals surface area contributed by atoms with E-state index in [0.717, 1.165) is 42.0 Å². The third-order valence-corrected chi connectivity index (χ3v) is 4.19. The minimum absolute atomic E-state index is 0.426. The highest BCUT2D eigenvalue weighted by atomic mass is 79.9. The van der Waals surface area contributed by atoms with Crippen LogP contribution in [0.2, 0.25) is 0 Å². The van der Waals surface area contributed by atoms with Crippen molar-refractivity contribution in [3.05, 3.63) is 35.0 Å². The second-order valence-electron chi connectivity index (χ2n) is 4.89. The number of halogens is 1. The highest BCUT2D eigenvalue weighted by molar-refractivity contribution is 9.10. The van der Waals surface area contributed by atoms with Crippen molar-refractivity contribution in [2.24, 2.45) is 7.05 Å². The molecule has 0 N–H and O–H groups in total. The number of hydrogen-bond acceptors (Lipinski definition) is 4. The van der Waals surface area contributed by atoms with Gasteiger partial charge in [-0.2, -0.15) is 0 Å². The van der Waals surface area contributed by atoms with Gasteiger partial charge >= 0.3 is 0 Å². The molecular formula is C13H16BrN5. The average molecular weight is 322 g/mol. The first-order valence-electron chi connectivity index (χ1n) is 6.45. The monoisotopic (exact) mass is 321 g/mol. The first-order chi connectivity index (χ1) is 9.25. The van der Waals surface area contributed by atoms with E-state index in [-0.39, 0.29) is 0 Å². The maximum absolute atomic E-state index is 4.48. The predicted molar refractivity (Wildman–Crippen MR) is 77.1 cm³/mol. The molecule has 3 heterocycles. The Morgan fingerprint density at radius 2 is 2.32 bits per heavy atom. The van der Waals surface area contributed by atoms with Crippen LogP contribution in [0.15, 0.2) is 29.1 Å². The molecular weight excluding hydrogens is 306 g/mol. The number of hydrogen-bond donors (Lipinski definition) is 0. The molecule has 0 spiro atoms. The van der Waals surface area contributed by atoms with E-state index in [1.807, 2.05) is 29.9 Å². The molecule has 0 radical (unpaired) electrons. The third kappa shape index (κ3) is 2.49. The fourth-order valence-electron chi connectivity index (χ4n) is 2.65. The Morgan fingerprint density at radius 3 is 3.05 bits per heavy atom. The molecule has 1 aliphatic rings. The summed E-state index contributed by atoms with van der Waals surface area (Å²) in [5.74, 6) is 2.52. The third-order valence-electron chi connectivity index (χ3n) is 3.57. The molecule has 0 bridgehead atoms. The van der Waals surface area contributed by atoms with Crippen molar-refractivity contribution in [2.75, 3.05) is 18.0 Å². The van der Waals surface area contributed by atoms with Crippen molar-refractivity contribution in [3.63, 3.8) is 0 Å². The van der Waals surface area contributed by atoms with Gasteiger partial charge in [-0.1, -0.05) is 0 Å². The van der Waals surface area contributed by atoms with Crippen LogP contribution in [0.5, 0.6) is 0 Å². The second-order valence-corrected chi connectivity index (χ2v) is 5.75. The molecule has 0 aromatic carbocycles. The molecule has 2 aromatic rings. The minimum atomic E-state index is 0.426. The summed E-state index contributed by atoms with van der Waals surface area (Å²) in [5, 5.41) is 8.23. The summed E-state index contributed by atoms with van der Waals surface area (Å²) in [6.45, 7) is 1.99. The number of aryl methyl sites for hydroxylation is 1. The van der Waals surface area contributed by atoms with E-state index in [4.69, 9.17) is 0 Å². The van der Waals surface area contributed by atoms with Crippen molar-refractivity contribution in [1.29, 1.82) is 0 Å². The quantitative estimate of drug-likeness (QED) is 0.852. The SMILES string of the molecule is Cn1cnnc1[C@@H]1CCCN(c2ncccc2Br)C1. The Kier molecular flexibility index (Phi) is 3.50. The van der Waals surface area contributed by atoms with Crippen LogP contribution in [0.4, 0.5) is 5.82 Å². The van der Waals surface area contributed by atoms with Gasteiger partial charge in [0.25, 0.3) is 0 Å². The molecule has 0 aliphatic carbocycles. The lowest BCUT2D eigenvalue weighted by molar-refractivity contribution is 0.477. The van der Waals surface area contributed by atoms with E-state index in [1.165, 1.54) is 0 Å². The Morgan fingerprint density at radius 1 is 1.42 bits per heavy atom. The van der Waals surface area contributed by atoms with E-state index in [0.29, 0.717) is 5.92 Å². The topological polar surface area (TPSA) is 46.8 Å². The van der Waals surface area contributed by atoms with Crippen molar-refractivity contribution in [1.82, 2.24) is 19.7 Å². The summed E-state index contributed by atoms with van der Waals surface area (Å²) in [5.41, 5.74) is 0. The van der Waals surface area contributed by atoms with Crippen molar-refractivity contribution >= 4 is 21.7 Å². The molecule has 0 amide bonds. The highest BCUT2D eigenvalue weighted by Crippen LogP contribution is 2.31. The summed E-state index contributed by atoms with van der Waals surface area (Å²) >= 11 is 3.58. The predicted octanol–water partition coefficient (Wildman–Crippen LogP) is 2.36. The smallest absolute Gasteiger partial charge is 0.142 e. The van der Waals surface area contributed by atoms with Crippen molar-refractivity contribution in [2.45, 2.75) is 18.8 Å². The van der Waals surface area contributed by atoms with E-state index < -0.39 is 0 Å². The van der Waals surface area contributed by atoms with E-state index >= 15 is 0 Å². The molecule has 1 aliphatic heterocycles. The van der Waals surface area contributed by atoms with Gasteiger partial charge in [0.1, 0.15) is 18.0 Å². The molecule has 3 rings (SSSR count). The highest BCUT2D eigenvalue weighted by Gasteiger charge is 2.26. The Balaban J connectivity index is 1.83. The number of anilines is 1. The number of nitrogens with zero attached hydrogens (tertiary/aromatic N) is 5. The molecule has 6 heteroatoms. The zero-order chi connectivity index (χ0) is 13.2. The van der Waals surface area contributed by atoms with Crippen LogP contribution in [0.25, 0.3) is 0 Å². The summed E-state index contributed by atoms with van der Waals surface area (Å²) in [6.07, 6.45) is 5.92. The van der Waals surface area contributed by atoms with Gasteiger partial charge in [0.05, 0.1) is 4.47 Å². The largest absolute Gasteiger partial charge is 0.355 e. The fourth-order valence-corrected chi connectivity index (χ4v) is 3.16. The molecule has 1 fully saturated rings. The number of pyridine rings is 1. The number of aromatic nitrogens is 4. The van der Waals surface area contributed by atoms with Gasteiger partial charge in [-0.3, -0.25) is 0 Å². The molecule has 1 atom stereocenters. The van der Waals surface area contributed by atoms with E-state index in [2.05, 4.69) is 36.0 Å². The lowest BCUT2D eigenvalue weighted by Gasteiger charge is -2.33. The van der Waals surface area contributed by atoms with Crippen molar-refractivity contribution in [3.8, 4) is 0 Å². The molecule has 0 unspecified atom stereocenters. The van der Waals surface area contributed by atoms with Gasteiger partial charge < -0.3 is 9.47 Å². The minimum Gasteiger partial charge on any atom is -0.355 e. The van der Waals surface area contributed by atoms with Gasteiger partial charge in [0, 0.05) is 32.3 Å². The molecule has 100 valence electrons. The molecule has 2 aromatic heterocycles. The molecule has 19 heavy (non-hydrogen) atoms. The first kappa shape index (κ1) is 12.6. The fraction of sp³-hybridized carbons (Fsp3) is 0.462. The summed E-state index contributed by atoms with van der Waals surface area (Å²) in [4.78, 5) is 6.80. The zero-order valence-corrected chi connectivity index (χ0v) is 12.4. The van der Waals surface area contributed by atoms with E-state index in [9.17, 15) is 0 Å². The van der Waals surface area contributed by atoms with Gasteiger partial charge in [0.2, 0.25) is 0 Å². The normalized spacial score (nSPS) is 19.7. The lowest BCUT2D eigenvalue weighted by atomic mass is 9.97. The number of piperidine rings is 1. The van der Waals surface area contributed by atoms with Crippen LogP contribution in [0, 0.1) is 0 Å². The second kappa shape index (κ2) is 5.28. The van der Waals surface area contributed by atoms with Crippen LogP contribution < -0.4 is 4.90 Å². The van der Waals surface area contributed by atoms with Crippen molar-refractivity contribution < 1.29 is 0 Å². The van der Waals surface area contributed by atoms with Gasteiger partial charge in [-0.05, 0) is 40.9 Å². The Labute approximate surface area is 120 Å². The van der Waals surface area contributed by atoms with Crippen LogP contribution in [-0.4, -0.2) is 32.8 Å². The standard InChI is InChI=1S/C13H16BrN5/c1-18-9-16-17-12(18)10-4-3-7-19(8-10)13-11(14)5-2-6-15-13/h2,5-6,9-10H,3-4,7-8H2,1H3/t10-/m1/s1. The zero-order valence-electron chi connectivity index (χ0n) is 10.8. The molecule has 5 nitrogen and oxygen atoms in total. The first-order valence-corrected chi connectivity index (χ1v) is 7.24. The van der Waals surface area contributed by atoms with Crippen LogP contribution in [0.1, 0.15) is 24.6 Å². The number of rotatable bonds is 2. The summed E-state index contributed by atoms with van der Waals surface area (Å²) in [6, 6.07) is 3.98. The van der Waals surface area contributed by atoms with Gasteiger partial charge in [0.15, 0.2) is 0 Å². The molecule has 1 saturated heterocycles. The Hall–Kier alpha value is -1.43. The lowest BCUT2D eigenvalue weighted by Crippen LogP contribution is -2.36. The summed E-state index contributed by atoms with van der Waals surface area (Å²) < 4.78 is 3.07. The Bertz CT molecular complexity index is 568. The van der Waals surface area contributed by atoms with Gasteiger partial charge in [-0.25, -0.2) is 4.98 Å². The van der Waals surface area contributed by atoms with Crippen LogP contribution in [0.3, 0.4) is 0 Å². The average Bonchev–Trinajstić information content (AvgIpc) is 2.86. The van der Waals surface area contributed by atoms with Gasteiger partial charge in [-0.15, -0.1) is 10.2 Å². The van der Waals surface area contributed by atoms with Crippen LogP contribution in [-0.2, 0) is 7.05 Å². The maximum Gasteiger partial charge on any atom is 0.142 e. The molecule has 0 saturated carbocycles.